The van der Waals surface area contributed by atoms with Gasteiger partial charge in [0, 0.05) is 13.1 Å². The van der Waals surface area contributed by atoms with Crippen molar-refractivity contribution < 1.29 is 9.90 Å². The maximum absolute atomic E-state index is 11.1. The smallest absolute Gasteiger partial charge is 0.306 e. The number of nitrogens with two attached hydrogens (primary N) is 1. The monoisotopic (exact) mass is 370 g/mol. The molecule has 0 aliphatic carbocycles. The number of carbonyl (C=O) groups is 1. The molecule has 0 radical (unpaired) electrons. The number of aromatic nitrogens is 3. The summed E-state index contributed by atoms with van der Waals surface area (Å²) in [4.78, 5) is 26.2. The van der Waals surface area contributed by atoms with Gasteiger partial charge in [-0.3, -0.25) is 4.79 Å². The van der Waals surface area contributed by atoms with Crippen LogP contribution >= 0.6 is 11.3 Å². The Hall–Kier alpha value is -2.94. The number of nitrogen functional groups attached to an aromatic ring is 1. The Balaban J connectivity index is 1.55. The molecule has 3 heterocycles. The first-order chi connectivity index (χ1) is 12.6. The zero-order valence-electron chi connectivity index (χ0n) is 13.9. The van der Waals surface area contributed by atoms with E-state index in [4.69, 9.17) is 10.8 Å². The molecular formula is C17H18N6O2S. The fourth-order valence-electron chi connectivity index (χ4n) is 3.10. The zero-order valence-corrected chi connectivity index (χ0v) is 14.7. The number of fused-ring (bicyclic) bond motifs is 1. The van der Waals surface area contributed by atoms with Crippen LogP contribution in [0.15, 0.2) is 30.6 Å². The summed E-state index contributed by atoms with van der Waals surface area (Å²) in [5, 5.41) is 13.0. The van der Waals surface area contributed by atoms with Gasteiger partial charge in [-0.15, -0.1) is 0 Å². The van der Waals surface area contributed by atoms with Crippen LogP contribution in [0.4, 0.5) is 22.5 Å². The summed E-state index contributed by atoms with van der Waals surface area (Å²) in [6, 6.07) is 7.89. The second kappa shape index (κ2) is 6.75. The van der Waals surface area contributed by atoms with Gasteiger partial charge in [-0.1, -0.05) is 23.5 Å². The number of nitrogens with one attached hydrogen (secondary N) is 1. The van der Waals surface area contributed by atoms with Gasteiger partial charge < -0.3 is 21.1 Å². The van der Waals surface area contributed by atoms with Crippen LogP contribution in [0.3, 0.4) is 0 Å². The van der Waals surface area contributed by atoms with Crippen LogP contribution in [0.5, 0.6) is 0 Å². The third kappa shape index (κ3) is 3.13. The molecule has 4 N–H and O–H groups in total. The Morgan fingerprint density at radius 3 is 2.77 bits per heavy atom. The first-order valence-electron chi connectivity index (χ1n) is 8.32. The van der Waals surface area contributed by atoms with Crippen molar-refractivity contribution in [3.8, 4) is 0 Å². The second-order valence-electron chi connectivity index (χ2n) is 6.17. The third-order valence-electron chi connectivity index (χ3n) is 4.53. The molecule has 8 nitrogen and oxygen atoms in total. The molecule has 134 valence electrons. The van der Waals surface area contributed by atoms with Gasteiger partial charge in [0.15, 0.2) is 16.8 Å². The summed E-state index contributed by atoms with van der Waals surface area (Å²) in [5.74, 6) is 0.107. The van der Waals surface area contributed by atoms with Gasteiger partial charge in [-0.2, -0.15) is 0 Å². The quantitative estimate of drug-likeness (QED) is 0.642. The van der Waals surface area contributed by atoms with Crippen molar-refractivity contribution in [3.05, 3.63) is 30.6 Å². The predicted molar refractivity (Wildman–Crippen MR) is 102 cm³/mol. The van der Waals surface area contributed by atoms with Gasteiger partial charge in [-0.05, 0) is 25.0 Å². The summed E-state index contributed by atoms with van der Waals surface area (Å²) in [6.07, 6.45) is 2.63. The van der Waals surface area contributed by atoms with E-state index >= 15 is 0 Å². The first-order valence-corrected chi connectivity index (χ1v) is 9.14. The molecule has 1 saturated heterocycles. The Morgan fingerprint density at radius 1 is 1.27 bits per heavy atom. The van der Waals surface area contributed by atoms with E-state index in [1.54, 1.807) is 0 Å². The fourth-order valence-corrected chi connectivity index (χ4v) is 3.97. The van der Waals surface area contributed by atoms with E-state index in [2.05, 4.69) is 20.3 Å². The topological polar surface area (TPSA) is 117 Å². The van der Waals surface area contributed by atoms with Crippen LogP contribution in [0, 0.1) is 5.92 Å². The summed E-state index contributed by atoms with van der Waals surface area (Å²) in [7, 11) is 0. The molecule has 0 unspecified atom stereocenters. The van der Waals surface area contributed by atoms with Crippen molar-refractivity contribution in [1.82, 2.24) is 15.0 Å². The second-order valence-corrected chi connectivity index (χ2v) is 7.20. The number of hydrogen-bond acceptors (Lipinski definition) is 8. The molecule has 1 aromatic carbocycles. The molecule has 0 saturated carbocycles. The summed E-state index contributed by atoms with van der Waals surface area (Å²) in [5.41, 5.74) is 7.65. The highest BCUT2D eigenvalue weighted by molar-refractivity contribution is 7.22. The standard InChI is InChI=1S/C17H18N6O2S/c18-13-14(22-17-21-11-3-1-2-4-12(11)26-17)19-9-20-15(13)23-7-5-10(6-8-23)16(24)25/h1-4,9-10H,5-8,18H2,(H,24,25)(H,19,20,21,22). The van der Waals surface area contributed by atoms with E-state index in [0.717, 1.165) is 10.2 Å². The van der Waals surface area contributed by atoms with Crippen molar-refractivity contribution in [1.29, 1.82) is 0 Å². The number of anilines is 4. The lowest BCUT2D eigenvalue weighted by atomic mass is 9.97. The Bertz CT molecular complexity index is 918. The Morgan fingerprint density at radius 2 is 2.04 bits per heavy atom. The minimum atomic E-state index is -0.737. The van der Waals surface area contributed by atoms with Crippen LogP contribution in [-0.4, -0.2) is 39.1 Å². The van der Waals surface area contributed by atoms with Gasteiger partial charge in [0.25, 0.3) is 0 Å². The van der Waals surface area contributed by atoms with Crippen molar-refractivity contribution in [2.75, 3.05) is 29.0 Å². The number of aliphatic carboxylic acids is 1. The first kappa shape index (κ1) is 16.5. The zero-order chi connectivity index (χ0) is 18.1. The molecule has 0 spiro atoms. The van der Waals surface area contributed by atoms with Crippen molar-refractivity contribution >= 4 is 50.0 Å². The number of para-hydroxylation sites is 1. The molecule has 1 fully saturated rings. The number of thiazole rings is 1. The lowest BCUT2D eigenvalue weighted by Crippen LogP contribution is -2.37. The molecule has 9 heteroatoms. The van der Waals surface area contributed by atoms with E-state index in [0.29, 0.717) is 48.4 Å². The molecule has 0 atom stereocenters. The molecule has 0 amide bonds. The molecule has 26 heavy (non-hydrogen) atoms. The maximum Gasteiger partial charge on any atom is 0.306 e. The number of carboxylic acid groups (broad SMARTS) is 1. The number of benzene rings is 1. The van der Waals surface area contributed by atoms with Crippen LogP contribution in [0.1, 0.15) is 12.8 Å². The number of hydrogen-bond donors (Lipinski definition) is 3. The van der Waals surface area contributed by atoms with E-state index in [9.17, 15) is 4.79 Å². The van der Waals surface area contributed by atoms with Crippen LogP contribution in [0.25, 0.3) is 10.2 Å². The highest BCUT2D eigenvalue weighted by atomic mass is 32.1. The molecule has 1 aliphatic rings. The lowest BCUT2D eigenvalue weighted by molar-refractivity contribution is -0.142. The lowest BCUT2D eigenvalue weighted by Gasteiger charge is -2.31. The average molecular weight is 370 g/mol. The van der Waals surface area contributed by atoms with Crippen LogP contribution < -0.4 is 16.0 Å². The number of nitrogens with zero attached hydrogens (tertiary/aromatic N) is 4. The SMILES string of the molecule is Nc1c(Nc2nc3ccccc3s2)ncnc1N1CCC(C(=O)O)CC1. The van der Waals surface area contributed by atoms with E-state index in [-0.39, 0.29) is 5.92 Å². The third-order valence-corrected chi connectivity index (χ3v) is 5.48. The minimum Gasteiger partial charge on any atom is -0.481 e. The number of piperidine rings is 1. The largest absolute Gasteiger partial charge is 0.481 e. The molecule has 0 bridgehead atoms. The summed E-state index contributed by atoms with van der Waals surface area (Å²) >= 11 is 1.53. The molecule has 2 aromatic heterocycles. The van der Waals surface area contributed by atoms with Gasteiger partial charge in [0.2, 0.25) is 0 Å². The maximum atomic E-state index is 11.1. The number of rotatable bonds is 4. The average Bonchev–Trinajstić information content (AvgIpc) is 3.06. The Labute approximate surface area is 153 Å². The van der Waals surface area contributed by atoms with Crippen molar-refractivity contribution in [2.45, 2.75) is 12.8 Å². The van der Waals surface area contributed by atoms with E-state index < -0.39 is 5.97 Å². The van der Waals surface area contributed by atoms with Gasteiger partial charge in [0.1, 0.15) is 12.0 Å². The highest BCUT2D eigenvalue weighted by Crippen LogP contribution is 2.33. The van der Waals surface area contributed by atoms with Gasteiger partial charge in [-0.25, -0.2) is 15.0 Å². The highest BCUT2D eigenvalue weighted by Gasteiger charge is 2.26. The molecule has 4 rings (SSSR count). The van der Waals surface area contributed by atoms with E-state index in [1.807, 2.05) is 29.2 Å². The normalized spacial score (nSPS) is 15.3. The number of carboxylic acids is 1. The van der Waals surface area contributed by atoms with Crippen molar-refractivity contribution in [2.24, 2.45) is 5.92 Å². The van der Waals surface area contributed by atoms with Crippen LogP contribution in [0.2, 0.25) is 0 Å². The van der Waals surface area contributed by atoms with Gasteiger partial charge in [0.05, 0.1) is 16.1 Å². The molecule has 3 aromatic rings. The van der Waals surface area contributed by atoms with Crippen molar-refractivity contribution in [3.63, 3.8) is 0 Å². The van der Waals surface area contributed by atoms with E-state index in [1.165, 1.54) is 17.7 Å². The van der Waals surface area contributed by atoms with Crippen LogP contribution in [-0.2, 0) is 4.79 Å². The minimum absolute atomic E-state index is 0.297. The summed E-state index contributed by atoms with van der Waals surface area (Å²) in [6.45, 7) is 1.22. The predicted octanol–water partition coefficient (Wildman–Crippen LogP) is 2.71. The fraction of sp³-hybridized carbons (Fsp3) is 0.294. The molecule has 1 aliphatic heterocycles. The summed E-state index contributed by atoms with van der Waals surface area (Å²) < 4.78 is 1.08. The molecular weight excluding hydrogens is 352 g/mol. The Kier molecular flexibility index (Phi) is 4.29. The van der Waals surface area contributed by atoms with Gasteiger partial charge >= 0.3 is 5.97 Å².